The molecule has 168 valence electrons. The van der Waals surface area contributed by atoms with Gasteiger partial charge in [0.1, 0.15) is 5.75 Å². The number of hydrogen-bond acceptors (Lipinski definition) is 5. The van der Waals surface area contributed by atoms with Gasteiger partial charge in [0, 0.05) is 0 Å². The average Bonchev–Trinajstić information content (AvgIpc) is 3.34. The van der Waals surface area contributed by atoms with E-state index in [-0.39, 0.29) is 11.9 Å². The molecule has 2 aromatic carbocycles. The van der Waals surface area contributed by atoms with E-state index in [1.54, 1.807) is 24.2 Å². The zero-order valence-electron chi connectivity index (χ0n) is 18.8. The fourth-order valence-electron chi connectivity index (χ4n) is 4.43. The lowest BCUT2D eigenvalue weighted by Crippen LogP contribution is -2.45. The third-order valence-electron chi connectivity index (χ3n) is 6.46. The third kappa shape index (κ3) is 4.53. The van der Waals surface area contributed by atoms with E-state index < -0.39 is 6.10 Å². The van der Waals surface area contributed by atoms with Crippen LogP contribution >= 0.6 is 0 Å². The Morgan fingerprint density at radius 3 is 2.59 bits per heavy atom. The number of benzene rings is 2. The molecule has 3 aromatic rings. The van der Waals surface area contributed by atoms with Crippen LogP contribution in [0.4, 0.5) is 0 Å². The molecule has 0 aliphatic heterocycles. The van der Waals surface area contributed by atoms with Crippen LogP contribution in [0.2, 0.25) is 0 Å². The maximum atomic E-state index is 13.2. The van der Waals surface area contributed by atoms with Crippen LogP contribution in [0.3, 0.4) is 0 Å². The number of amides is 1. The van der Waals surface area contributed by atoms with Crippen molar-refractivity contribution in [2.24, 2.45) is 0 Å². The summed E-state index contributed by atoms with van der Waals surface area (Å²) in [5.74, 6) is 0.397. The summed E-state index contributed by atoms with van der Waals surface area (Å²) in [5.41, 5.74) is 5.74. The Balaban J connectivity index is 1.60. The van der Waals surface area contributed by atoms with Crippen molar-refractivity contribution >= 4 is 5.91 Å². The minimum absolute atomic E-state index is 0.196. The largest absolute Gasteiger partial charge is 0.496 e. The lowest BCUT2D eigenvalue weighted by atomic mass is 9.91. The van der Waals surface area contributed by atoms with Crippen molar-refractivity contribution in [3.8, 4) is 11.4 Å². The number of aliphatic hydroxyl groups is 1. The van der Waals surface area contributed by atoms with Gasteiger partial charge in [0.25, 0.3) is 5.91 Å². The SMILES string of the molecule is COc1c(C(=O)N[C@H]2CCCC[C@@H]2O)cc(Cc2ccc(-n3ccnn3)cc2)c(C)c1C. The molecule has 1 saturated carbocycles. The van der Waals surface area contributed by atoms with Crippen molar-refractivity contribution < 1.29 is 14.6 Å². The maximum Gasteiger partial charge on any atom is 0.255 e. The Morgan fingerprint density at radius 1 is 1.19 bits per heavy atom. The molecular weight excluding hydrogens is 404 g/mol. The van der Waals surface area contributed by atoms with E-state index in [0.29, 0.717) is 17.7 Å². The molecule has 1 fully saturated rings. The van der Waals surface area contributed by atoms with Gasteiger partial charge >= 0.3 is 0 Å². The van der Waals surface area contributed by atoms with Gasteiger partial charge < -0.3 is 15.2 Å². The molecule has 1 heterocycles. The molecular formula is C25H30N4O3. The van der Waals surface area contributed by atoms with Crippen molar-refractivity contribution in [3.63, 3.8) is 0 Å². The number of hydrogen-bond donors (Lipinski definition) is 2. The summed E-state index contributed by atoms with van der Waals surface area (Å²) in [6.45, 7) is 4.04. The van der Waals surface area contributed by atoms with Crippen LogP contribution in [-0.2, 0) is 6.42 Å². The second-order valence-electron chi connectivity index (χ2n) is 8.49. The normalized spacial score (nSPS) is 18.4. The lowest BCUT2D eigenvalue weighted by Gasteiger charge is -2.29. The van der Waals surface area contributed by atoms with Crippen molar-refractivity contribution in [3.05, 3.63) is 70.5 Å². The van der Waals surface area contributed by atoms with Gasteiger partial charge in [-0.1, -0.05) is 30.2 Å². The van der Waals surface area contributed by atoms with Gasteiger partial charge in [0.05, 0.1) is 42.9 Å². The fourth-order valence-corrected chi connectivity index (χ4v) is 4.43. The minimum Gasteiger partial charge on any atom is -0.496 e. The zero-order valence-corrected chi connectivity index (χ0v) is 18.8. The smallest absolute Gasteiger partial charge is 0.255 e. The van der Waals surface area contributed by atoms with Gasteiger partial charge in [-0.25, -0.2) is 4.68 Å². The number of nitrogens with one attached hydrogen (secondary N) is 1. The molecule has 1 aromatic heterocycles. The Bertz CT molecular complexity index is 1080. The van der Waals surface area contributed by atoms with Crippen molar-refractivity contribution in [2.45, 2.75) is 58.1 Å². The van der Waals surface area contributed by atoms with Crippen LogP contribution in [0.15, 0.2) is 42.7 Å². The van der Waals surface area contributed by atoms with Crippen LogP contribution in [0.25, 0.3) is 5.69 Å². The fraction of sp³-hybridized carbons (Fsp3) is 0.400. The molecule has 7 nitrogen and oxygen atoms in total. The number of carbonyl (C=O) groups is 1. The summed E-state index contributed by atoms with van der Waals surface area (Å²) >= 11 is 0. The molecule has 1 amide bonds. The van der Waals surface area contributed by atoms with Crippen LogP contribution in [0, 0.1) is 13.8 Å². The van der Waals surface area contributed by atoms with Gasteiger partial charge in [-0.2, -0.15) is 0 Å². The minimum atomic E-state index is -0.492. The van der Waals surface area contributed by atoms with E-state index in [1.807, 2.05) is 25.1 Å². The van der Waals surface area contributed by atoms with Gasteiger partial charge in [-0.3, -0.25) is 4.79 Å². The first-order valence-electron chi connectivity index (χ1n) is 11.1. The number of ether oxygens (including phenoxy) is 1. The number of carbonyl (C=O) groups excluding carboxylic acids is 1. The van der Waals surface area contributed by atoms with E-state index in [2.05, 4.69) is 34.7 Å². The van der Waals surface area contributed by atoms with Crippen LogP contribution in [0.1, 0.15) is 58.3 Å². The molecule has 32 heavy (non-hydrogen) atoms. The summed E-state index contributed by atoms with van der Waals surface area (Å²) in [6.07, 6.45) is 7.20. The number of nitrogens with zero attached hydrogens (tertiary/aromatic N) is 3. The second kappa shape index (κ2) is 9.53. The number of aliphatic hydroxyl groups excluding tert-OH is 1. The van der Waals surface area contributed by atoms with Gasteiger partial charge in [0.2, 0.25) is 0 Å². The molecule has 1 aliphatic rings. The van der Waals surface area contributed by atoms with E-state index in [9.17, 15) is 9.90 Å². The summed E-state index contributed by atoms with van der Waals surface area (Å²) < 4.78 is 7.33. The number of methoxy groups -OCH3 is 1. The first-order chi connectivity index (χ1) is 15.5. The second-order valence-corrected chi connectivity index (χ2v) is 8.49. The topological polar surface area (TPSA) is 89.3 Å². The zero-order chi connectivity index (χ0) is 22.7. The molecule has 4 rings (SSSR count). The average molecular weight is 435 g/mol. The van der Waals surface area contributed by atoms with Crippen molar-refractivity contribution in [1.29, 1.82) is 0 Å². The molecule has 0 spiro atoms. The summed E-state index contributed by atoms with van der Waals surface area (Å²) in [4.78, 5) is 13.2. The van der Waals surface area contributed by atoms with Crippen molar-refractivity contribution in [2.75, 3.05) is 7.11 Å². The van der Waals surface area contributed by atoms with E-state index in [1.165, 1.54) is 0 Å². The Kier molecular flexibility index (Phi) is 6.55. The number of rotatable bonds is 6. The lowest BCUT2D eigenvalue weighted by molar-refractivity contribution is 0.0715. The molecule has 1 aliphatic carbocycles. The molecule has 0 bridgehead atoms. The Hall–Kier alpha value is -3.19. The van der Waals surface area contributed by atoms with Crippen LogP contribution < -0.4 is 10.1 Å². The van der Waals surface area contributed by atoms with Crippen molar-refractivity contribution in [1.82, 2.24) is 20.3 Å². The summed E-state index contributed by atoms with van der Waals surface area (Å²) in [5, 5.41) is 21.2. The molecule has 0 radical (unpaired) electrons. The highest BCUT2D eigenvalue weighted by Crippen LogP contribution is 2.31. The first kappa shape index (κ1) is 22.0. The molecule has 7 heteroatoms. The molecule has 2 N–H and O–H groups in total. The maximum absolute atomic E-state index is 13.2. The highest BCUT2D eigenvalue weighted by atomic mass is 16.5. The highest BCUT2D eigenvalue weighted by molar-refractivity contribution is 5.98. The van der Waals surface area contributed by atoms with E-state index in [4.69, 9.17) is 4.74 Å². The quantitative estimate of drug-likeness (QED) is 0.620. The Morgan fingerprint density at radius 2 is 1.94 bits per heavy atom. The van der Waals surface area contributed by atoms with Crippen LogP contribution in [-0.4, -0.2) is 45.3 Å². The van der Waals surface area contributed by atoms with E-state index >= 15 is 0 Å². The molecule has 2 atom stereocenters. The van der Waals surface area contributed by atoms with Gasteiger partial charge in [-0.15, -0.1) is 5.10 Å². The first-order valence-corrected chi connectivity index (χ1v) is 11.1. The molecule has 0 saturated heterocycles. The van der Waals surface area contributed by atoms with Crippen LogP contribution in [0.5, 0.6) is 5.75 Å². The summed E-state index contributed by atoms with van der Waals surface area (Å²) in [7, 11) is 1.59. The predicted octanol–water partition coefficient (Wildman–Crippen LogP) is 3.52. The predicted molar refractivity (Wildman–Crippen MR) is 122 cm³/mol. The van der Waals surface area contributed by atoms with Gasteiger partial charge in [-0.05, 0) is 73.6 Å². The highest BCUT2D eigenvalue weighted by Gasteiger charge is 2.27. The van der Waals surface area contributed by atoms with Gasteiger partial charge in [0.15, 0.2) is 0 Å². The van der Waals surface area contributed by atoms with E-state index in [0.717, 1.165) is 53.6 Å². The standard InChI is InChI=1S/C25H30N4O3/c1-16-17(2)24(32-3)21(25(31)27-22-6-4-5-7-23(22)30)15-19(16)14-18-8-10-20(11-9-18)29-13-12-26-28-29/h8-13,15,22-23,30H,4-7,14H2,1-3H3,(H,27,31)/t22-,23-/m0/s1. The third-order valence-corrected chi connectivity index (χ3v) is 6.46. The Labute approximate surface area is 188 Å². The monoisotopic (exact) mass is 434 g/mol. The summed E-state index contributed by atoms with van der Waals surface area (Å²) in [6, 6.07) is 9.86. The molecule has 0 unspecified atom stereocenters. The number of aromatic nitrogens is 3.